The largest absolute Gasteiger partial charge is 0.387 e. The SMILES string of the molecule is CCCCCC(C)(O)C1COC(C)(C)O1. The van der Waals surface area contributed by atoms with E-state index in [4.69, 9.17) is 9.47 Å². The third kappa shape index (κ3) is 3.74. The second-order valence-electron chi connectivity index (χ2n) is 5.13. The van der Waals surface area contributed by atoms with E-state index in [1.165, 1.54) is 6.42 Å². The Morgan fingerprint density at radius 3 is 2.53 bits per heavy atom. The molecule has 1 fully saturated rings. The van der Waals surface area contributed by atoms with E-state index < -0.39 is 11.4 Å². The molecule has 2 unspecified atom stereocenters. The fourth-order valence-electron chi connectivity index (χ4n) is 1.89. The molecule has 1 heterocycles. The highest BCUT2D eigenvalue weighted by Crippen LogP contribution is 2.31. The van der Waals surface area contributed by atoms with Gasteiger partial charge < -0.3 is 14.6 Å². The predicted octanol–water partition coefficient (Wildman–Crippen LogP) is 2.47. The van der Waals surface area contributed by atoms with Crippen LogP contribution in [-0.2, 0) is 9.47 Å². The smallest absolute Gasteiger partial charge is 0.163 e. The first-order chi connectivity index (χ1) is 6.87. The van der Waals surface area contributed by atoms with Crippen molar-refractivity contribution < 1.29 is 14.6 Å². The molecule has 3 nitrogen and oxygen atoms in total. The molecule has 0 bridgehead atoms. The summed E-state index contributed by atoms with van der Waals surface area (Å²) >= 11 is 0. The van der Waals surface area contributed by atoms with Crippen LogP contribution in [0.5, 0.6) is 0 Å². The molecule has 0 spiro atoms. The third-order valence-electron chi connectivity index (χ3n) is 2.99. The quantitative estimate of drug-likeness (QED) is 0.717. The first kappa shape index (κ1) is 12.9. The number of hydrogen-bond donors (Lipinski definition) is 1. The summed E-state index contributed by atoms with van der Waals surface area (Å²) in [5, 5.41) is 10.3. The van der Waals surface area contributed by atoms with Crippen LogP contribution >= 0.6 is 0 Å². The Labute approximate surface area is 92.8 Å². The number of unbranched alkanes of at least 4 members (excludes halogenated alkanes) is 2. The standard InChI is InChI=1S/C12H24O3/c1-5-6-7-8-12(4,13)10-9-14-11(2,3)15-10/h10,13H,5-9H2,1-4H3. The van der Waals surface area contributed by atoms with Gasteiger partial charge in [0, 0.05) is 0 Å². The van der Waals surface area contributed by atoms with Crippen LogP contribution in [0.15, 0.2) is 0 Å². The van der Waals surface area contributed by atoms with E-state index in [2.05, 4.69) is 6.92 Å². The summed E-state index contributed by atoms with van der Waals surface area (Å²) in [4.78, 5) is 0. The van der Waals surface area contributed by atoms with E-state index in [0.29, 0.717) is 6.61 Å². The van der Waals surface area contributed by atoms with Gasteiger partial charge in [0.25, 0.3) is 0 Å². The minimum atomic E-state index is -0.761. The summed E-state index contributed by atoms with van der Waals surface area (Å²) in [6, 6.07) is 0. The maximum Gasteiger partial charge on any atom is 0.163 e. The topological polar surface area (TPSA) is 38.7 Å². The van der Waals surface area contributed by atoms with Gasteiger partial charge in [-0.2, -0.15) is 0 Å². The molecule has 1 saturated heterocycles. The zero-order valence-corrected chi connectivity index (χ0v) is 10.4. The average Bonchev–Trinajstić information content (AvgIpc) is 2.47. The van der Waals surface area contributed by atoms with Crippen molar-refractivity contribution in [2.75, 3.05) is 6.61 Å². The van der Waals surface area contributed by atoms with Gasteiger partial charge >= 0.3 is 0 Å². The lowest BCUT2D eigenvalue weighted by Gasteiger charge is -2.29. The lowest BCUT2D eigenvalue weighted by molar-refractivity contribution is -0.168. The molecule has 15 heavy (non-hydrogen) atoms. The van der Waals surface area contributed by atoms with E-state index in [-0.39, 0.29) is 6.10 Å². The molecule has 0 aromatic carbocycles. The molecular weight excluding hydrogens is 192 g/mol. The number of hydrogen-bond acceptors (Lipinski definition) is 3. The normalized spacial score (nSPS) is 29.0. The van der Waals surface area contributed by atoms with E-state index in [0.717, 1.165) is 19.3 Å². The molecule has 1 N–H and O–H groups in total. The van der Waals surface area contributed by atoms with Crippen LogP contribution < -0.4 is 0 Å². The van der Waals surface area contributed by atoms with Gasteiger partial charge in [-0.1, -0.05) is 26.2 Å². The lowest BCUT2D eigenvalue weighted by atomic mass is 9.92. The zero-order valence-electron chi connectivity index (χ0n) is 10.4. The predicted molar refractivity (Wildman–Crippen MR) is 59.7 cm³/mol. The first-order valence-electron chi connectivity index (χ1n) is 5.91. The second-order valence-corrected chi connectivity index (χ2v) is 5.13. The minimum Gasteiger partial charge on any atom is -0.387 e. The first-order valence-corrected chi connectivity index (χ1v) is 5.91. The average molecular weight is 216 g/mol. The minimum absolute atomic E-state index is 0.190. The summed E-state index contributed by atoms with van der Waals surface area (Å²) in [6.45, 7) is 8.27. The number of rotatable bonds is 5. The van der Waals surface area contributed by atoms with Gasteiger partial charge in [-0.25, -0.2) is 0 Å². The Bertz CT molecular complexity index is 199. The molecule has 1 rings (SSSR count). The monoisotopic (exact) mass is 216 g/mol. The highest BCUT2D eigenvalue weighted by atomic mass is 16.7. The summed E-state index contributed by atoms with van der Waals surface area (Å²) in [5.74, 6) is -0.542. The molecule has 0 aliphatic carbocycles. The zero-order chi connectivity index (χ0) is 11.5. The number of ether oxygens (including phenoxy) is 2. The molecule has 90 valence electrons. The molecule has 1 aliphatic rings. The van der Waals surface area contributed by atoms with Gasteiger partial charge in [0.15, 0.2) is 5.79 Å². The van der Waals surface area contributed by atoms with Crippen LogP contribution in [-0.4, -0.2) is 29.2 Å². The van der Waals surface area contributed by atoms with Gasteiger partial charge in [-0.15, -0.1) is 0 Å². The second kappa shape index (κ2) is 4.81. The molecule has 0 aromatic rings. The van der Waals surface area contributed by atoms with Crippen LogP contribution in [0.4, 0.5) is 0 Å². The Kier molecular flexibility index (Phi) is 4.15. The summed E-state index contributed by atoms with van der Waals surface area (Å²) in [7, 11) is 0. The van der Waals surface area contributed by atoms with E-state index in [1.807, 2.05) is 20.8 Å². The van der Waals surface area contributed by atoms with Gasteiger partial charge in [0.1, 0.15) is 6.10 Å². The van der Waals surface area contributed by atoms with Gasteiger partial charge in [-0.05, 0) is 27.2 Å². The van der Waals surface area contributed by atoms with Crippen molar-refractivity contribution in [1.82, 2.24) is 0 Å². The number of aliphatic hydroxyl groups is 1. The van der Waals surface area contributed by atoms with E-state index in [1.54, 1.807) is 0 Å². The molecule has 3 heteroatoms. The van der Waals surface area contributed by atoms with Gasteiger partial charge in [-0.3, -0.25) is 0 Å². The Balaban J connectivity index is 2.41. The van der Waals surface area contributed by atoms with Crippen molar-refractivity contribution in [3.05, 3.63) is 0 Å². The Morgan fingerprint density at radius 1 is 1.40 bits per heavy atom. The van der Waals surface area contributed by atoms with Crippen LogP contribution in [0, 0.1) is 0 Å². The van der Waals surface area contributed by atoms with Crippen molar-refractivity contribution in [3.63, 3.8) is 0 Å². The maximum atomic E-state index is 10.3. The van der Waals surface area contributed by atoms with E-state index in [9.17, 15) is 5.11 Å². The van der Waals surface area contributed by atoms with Gasteiger partial charge in [0.2, 0.25) is 0 Å². The van der Waals surface area contributed by atoms with Crippen LogP contribution in [0.2, 0.25) is 0 Å². The van der Waals surface area contributed by atoms with Crippen LogP contribution in [0.3, 0.4) is 0 Å². The molecule has 0 radical (unpaired) electrons. The lowest BCUT2D eigenvalue weighted by Crippen LogP contribution is -2.41. The van der Waals surface area contributed by atoms with Crippen molar-refractivity contribution >= 4 is 0 Å². The highest BCUT2D eigenvalue weighted by Gasteiger charge is 2.42. The van der Waals surface area contributed by atoms with Gasteiger partial charge in [0.05, 0.1) is 12.2 Å². The van der Waals surface area contributed by atoms with Crippen molar-refractivity contribution in [1.29, 1.82) is 0 Å². The van der Waals surface area contributed by atoms with Crippen LogP contribution in [0.25, 0.3) is 0 Å². The fourth-order valence-corrected chi connectivity index (χ4v) is 1.89. The molecule has 0 aromatic heterocycles. The third-order valence-corrected chi connectivity index (χ3v) is 2.99. The summed E-state index contributed by atoms with van der Waals surface area (Å²) in [6.07, 6.45) is 3.97. The molecule has 0 amide bonds. The van der Waals surface area contributed by atoms with Crippen molar-refractivity contribution in [2.45, 2.75) is 70.9 Å². The van der Waals surface area contributed by atoms with Crippen LogP contribution in [0.1, 0.15) is 53.4 Å². The fraction of sp³-hybridized carbons (Fsp3) is 1.00. The summed E-state index contributed by atoms with van der Waals surface area (Å²) in [5.41, 5.74) is -0.761. The molecule has 1 aliphatic heterocycles. The van der Waals surface area contributed by atoms with E-state index >= 15 is 0 Å². The molecule has 2 atom stereocenters. The summed E-state index contributed by atoms with van der Waals surface area (Å²) < 4.78 is 11.1. The van der Waals surface area contributed by atoms with Crippen molar-refractivity contribution in [2.24, 2.45) is 0 Å². The molecular formula is C12H24O3. The Hall–Kier alpha value is -0.120. The molecule has 0 saturated carbocycles. The van der Waals surface area contributed by atoms with Crippen molar-refractivity contribution in [3.8, 4) is 0 Å². The highest BCUT2D eigenvalue weighted by molar-refractivity contribution is 4.87. The maximum absolute atomic E-state index is 10.3. The Morgan fingerprint density at radius 2 is 2.07 bits per heavy atom.